The second-order valence-electron chi connectivity index (χ2n) is 3.05. The average Bonchev–Trinajstić information content (AvgIpc) is 2.68. The summed E-state index contributed by atoms with van der Waals surface area (Å²) in [4.78, 5) is 0. The van der Waals surface area contributed by atoms with E-state index in [4.69, 9.17) is 26.6 Å². The Hall–Kier alpha value is -1.75. The van der Waals surface area contributed by atoms with Crippen molar-refractivity contribution in [2.45, 2.75) is 0 Å². The van der Waals surface area contributed by atoms with Gasteiger partial charge in [0.2, 0.25) is 5.88 Å². The average molecular weight is 243 g/mol. The quantitative estimate of drug-likeness (QED) is 0.880. The number of rotatable bonds is 2. The van der Waals surface area contributed by atoms with Gasteiger partial charge in [-0.25, -0.2) is 4.39 Å². The number of hydrogen-bond acceptors (Lipinski definition) is 4. The number of ether oxygens (including phenoxy) is 1. The molecule has 0 aliphatic heterocycles. The van der Waals surface area contributed by atoms with Gasteiger partial charge >= 0.3 is 0 Å². The predicted octanol–water partition coefficient (Wildman–Crippen LogP) is 2.72. The van der Waals surface area contributed by atoms with E-state index in [2.05, 4.69) is 5.16 Å². The third-order valence-corrected chi connectivity index (χ3v) is 2.49. The van der Waals surface area contributed by atoms with E-state index in [1.807, 2.05) is 0 Å². The minimum Gasteiger partial charge on any atom is -0.494 e. The first-order valence-corrected chi connectivity index (χ1v) is 4.75. The molecule has 4 nitrogen and oxygen atoms in total. The van der Waals surface area contributed by atoms with Crippen LogP contribution in [0.2, 0.25) is 5.02 Å². The number of hydrogen-bond donors (Lipinski definition) is 1. The highest BCUT2D eigenvalue weighted by Gasteiger charge is 2.17. The van der Waals surface area contributed by atoms with Crippen LogP contribution in [0.15, 0.2) is 22.9 Å². The summed E-state index contributed by atoms with van der Waals surface area (Å²) in [5.74, 6) is -0.227. The fourth-order valence-corrected chi connectivity index (χ4v) is 1.64. The van der Waals surface area contributed by atoms with E-state index in [0.717, 1.165) is 0 Å². The Bertz CT molecular complexity index is 528. The maximum atomic E-state index is 13.2. The molecule has 0 radical (unpaired) electrons. The Kier molecular flexibility index (Phi) is 2.70. The van der Waals surface area contributed by atoms with Crippen LogP contribution in [0, 0.1) is 5.82 Å². The number of anilines is 1. The summed E-state index contributed by atoms with van der Waals surface area (Å²) >= 11 is 5.78. The summed E-state index contributed by atoms with van der Waals surface area (Å²) in [6, 6.07) is 2.73. The fourth-order valence-electron chi connectivity index (χ4n) is 1.39. The van der Waals surface area contributed by atoms with Crippen LogP contribution < -0.4 is 10.5 Å². The van der Waals surface area contributed by atoms with Gasteiger partial charge in [0.15, 0.2) is 0 Å². The lowest BCUT2D eigenvalue weighted by Crippen LogP contribution is -1.93. The molecule has 0 bridgehead atoms. The number of nitrogens with two attached hydrogens (primary N) is 1. The standard InChI is InChI=1S/C10H8ClFN2O2/c1-15-9-5(2-3-7(12)8(9)11)6-4-14-16-10(6)13/h2-4H,13H2,1H3. The zero-order valence-electron chi connectivity index (χ0n) is 8.33. The van der Waals surface area contributed by atoms with Crippen molar-refractivity contribution in [2.24, 2.45) is 0 Å². The van der Waals surface area contributed by atoms with Gasteiger partial charge < -0.3 is 15.0 Å². The van der Waals surface area contributed by atoms with Gasteiger partial charge in [-0.1, -0.05) is 16.8 Å². The van der Waals surface area contributed by atoms with Gasteiger partial charge in [-0.15, -0.1) is 0 Å². The van der Waals surface area contributed by atoms with Gasteiger partial charge in [-0.2, -0.15) is 0 Å². The number of benzene rings is 1. The highest BCUT2D eigenvalue weighted by Crippen LogP contribution is 2.39. The lowest BCUT2D eigenvalue weighted by Gasteiger charge is -2.09. The van der Waals surface area contributed by atoms with Crippen LogP contribution in [0.5, 0.6) is 5.75 Å². The predicted molar refractivity (Wildman–Crippen MR) is 57.9 cm³/mol. The molecule has 0 saturated carbocycles. The van der Waals surface area contributed by atoms with Crippen LogP contribution >= 0.6 is 11.6 Å². The second-order valence-corrected chi connectivity index (χ2v) is 3.42. The molecule has 1 aromatic carbocycles. The topological polar surface area (TPSA) is 61.3 Å². The zero-order valence-corrected chi connectivity index (χ0v) is 9.08. The third kappa shape index (κ3) is 1.59. The normalized spacial score (nSPS) is 10.4. The molecule has 2 aromatic rings. The van der Waals surface area contributed by atoms with Crippen molar-refractivity contribution in [2.75, 3.05) is 12.8 Å². The third-order valence-electron chi connectivity index (χ3n) is 2.14. The number of methoxy groups -OCH3 is 1. The van der Waals surface area contributed by atoms with E-state index in [9.17, 15) is 4.39 Å². The van der Waals surface area contributed by atoms with E-state index in [-0.39, 0.29) is 16.7 Å². The van der Waals surface area contributed by atoms with E-state index in [0.29, 0.717) is 11.1 Å². The van der Waals surface area contributed by atoms with Crippen LogP contribution in [-0.2, 0) is 0 Å². The van der Waals surface area contributed by atoms with E-state index in [1.54, 1.807) is 0 Å². The molecule has 1 aromatic heterocycles. The maximum Gasteiger partial charge on any atom is 0.230 e. The van der Waals surface area contributed by atoms with Crippen LogP contribution in [0.1, 0.15) is 0 Å². The van der Waals surface area contributed by atoms with Gasteiger partial charge in [0, 0.05) is 5.56 Å². The Morgan fingerprint density at radius 2 is 2.19 bits per heavy atom. The number of aromatic nitrogens is 1. The Balaban J connectivity index is 2.66. The van der Waals surface area contributed by atoms with Gasteiger partial charge in [0.05, 0.1) is 18.9 Å². The van der Waals surface area contributed by atoms with Crippen molar-refractivity contribution < 1.29 is 13.7 Å². The van der Waals surface area contributed by atoms with Crippen LogP contribution in [0.4, 0.5) is 10.3 Å². The first kappa shape index (κ1) is 10.8. The smallest absolute Gasteiger partial charge is 0.230 e. The molecular formula is C10H8ClFN2O2. The molecule has 0 aliphatic carbocycles. The van der Waals surface area contributed by atoms with E-state index < -0.39 is 5.82 Å². The molecule has 1 heterocycles. The number of nitrogen functional groups attached to an aromatic ring is 1. The highest BCUT2D eigenvalue weighted by atomic mass is 35.5. The number of nitrogens with zero attached hydrogens (tertiary/aromatic N) is 1. The molecule has 6 heteroatoms. The fraction of sp³-hybridized carbons (Fsp3) is 0.100. The summed E-state index contributed by atoms with van der Waals surface area (Å²) < 4.78 is 23.0. The summed E-state index contributed by atoms with van der Waals surface area (Å²) in [5.41, 5.74) is 6.61. The lowest BCUT2D eigenvalue weighted by atomic mass is 10.1. The maximum absolute atomic E-state index is 13.2. The molecule has 0 saturated heterocycles. The minimum absolute atomic E-state index is 0.0967. The van der Waals surface area contributed by atoms with E-state index in [1.165, 1.54) is 25.4 Å². The van der Waals surface area contributed by atoms with Crippen molar-refractivity contribution in [3.63, 3.8) is 0 Å². The van der Waals surface area contributed by atoms with Crippen molar-refractivity contribution in [1.82, 2.24) is 5.16 Å². The largest absolute Gasteiger partial charge is 0.494 e. The molecule has 84 valence electrons. The first-order valence-electron chi connectivity index (χ1n) is 4.37. The summed E-state index contributed by atoms with van der Waals surface area (Å²) in [6.07, 6.45) is 1.42. The van der Waals surface area contributed by atoms with Gasteiger partial charge in [-0.05, 0) is 12.1 Å². The first-order chi connectivity index (χ1) is 7.65. The van der Waals surface area contributed by atoms with Crippen molar-refractivity contribution in [3.8, 4) is 16.9 Å². The Labute approximate surface area is 95.7 Å². The molecular weight excluding hydrogens is 235 g/mol. The summed E-state index contributed by atoms with van der Waals surface area (Å²) in [6.45, 7) is 0. The van der Waals surface area contributed by atoms with Gasteiger partial charge in [0.1, 0.15) is 16.6 Å². The molecule has 2 N–H and O–H groups in total. The van der Waals surface area contributed by atoms with Crippen LogP contribution in [0.25, 0.3) is 11.1 Å². The van der Waals surface area contributed by atoms with Crippen molar-refractivity contribution >= 4 is 17.5 Å². The van der Waals surface area contributed by atoms with Crippen LogP contribution in [-0.4, -0.2) is 12.3 Å². The molecule has 0 fully saturated rings. The molecule has 0 unspecified atom stereocenters. The Morgan fingerprint density at radius 1 is 1.44 bits per heavy atom. The summed E-state index contributed by atoms with van der Waals surface area (Å²) in [7, 11) is 1.40. The lowest BCUT2D eigenvalue weighted by molar-refractivity contribution is 0.413. The molecule has 0 aliphatic rings. The van der Waals surface area contributed by atoms with Crippen LogP contribution in [0.3, 0.4) is 0 Å². The monoisotopic (exact) mass is 242 g/mol. The molecule has 0 spiro atoms. The minimum atomic E-state index is -0.558. The van der Waals surface area contributed by atoms with Crippen molar-refractivity contribution in [3.05, 3.63) is 29.2 Å². The van der Waals surface area contributed by atoms with Gasteiger partial charge in [-0.3, -0.25) is 0 Å². The second kappa shape index (κ2) is 4.02. The zero-order chi connectivity index (χ0) is 11.7. The summed E-state index contributed by atoms with van der Waals surface area (Å²) in [5, 5.41) is 3.44. The van der Waals surface area contributed by atoms with Crippen molar-refractivity contribution in [1.29, 1.82) is 0 Å². The molecule has 0 atom stereocenters. The van der Waals surface area contributed by atoms with Gasteiger partial charge in [0.25, 0.3) is 0 Å². The highest BCUT2D eigenvalue weighted by molar-refractivity contribution is 6.32. The molecule has 0 amide bonds. The molecule has 16 heavy (non-hydrogen) atoms. The Morgan fingerprint density at radius 3 is 2.75 bits per heavy atom. The SMILES string of the molecule is COc1c(-c2cnoc2N)ccc(F)c1Cl. The molecule has 2 rings (SSSR count). The number of halogens is 2. The van der Waals surface area contributed by atoms with E-state index >= 15 is 0 Å².